The first kappa shape index (κ1) is 11.6. The van der Waals surface area contributed by atoms with Crippen molar-refractivity contribution in [2.75, 3.05) is 19.6 Å². The highest BCUT2D eigenvalue weighted by Gasteiger charge is 2.22. The van der Waals surface area contributed by atoms with Crippen LogP contribution in [0, 0.1) is 13.8 Å². The third kappa shape index (κ3) is 2.28. The zero-order valence-corrected chi connectivity index (χ0v) is 10.4. The number of rotatable bonds is 3. The predicted octanol–water partition coefficient (Wildman–Crippen LogP) is 2.40. The molecule has 2 heteroatoms. The van der Waals surface area contributed by atoms with E-state index in [-0.39, 0.29) is 0 Å². The number of hydrogen-bond acceptors (Lipinski definition) is 2. The number of likely N-dealkylation sites (tertiary alicyclic amines) is 1. The Kier molecular flexibility index (Phi) is 3.62. The lowest BCUT2D eigenvalue weighted by Crippen LogP contribution is -2.31. The number of aryl methyl sites for hydroxylation is 2. The average Bonchev–Trinajstić information content (AvgIpc) is 2.78. The predicted molar refractivity (Wildman–Crippen MR) is 68.5 cm³/mol. The first-order valence-electron chi connectivity index (χ1n) is 6.23. The van der Waals surface area contributed by atoms with Gasteiger partial charge in [0.1, 0.15) is 0 Å². The molecule has 0 saturated carbocycles. The first-order valence-corrected chi connectivity index (χ1v) is 6.23. The molecule has 1 aliphatic heterocycles. The molecule has 1 aliphatic rings. The Morgan fingerprint density at radius 3 is 2.44 bits per heavy atom. The van der Waals surface area contributed by atoms with Gasteiger partial charge in [-0.1, -0.05) is 18.2 Å². The van der Waals surface area contributed by atoms with Gasteiger partial charge in [0, 0.05) is 12.6 Å². The van der Waals surface area contributed by atoms with Gasteiger partial charge >= 0.3 is 0 Å². The summed E-state index contributed by atoms with van der Waals surface area (Å²) in [6, 6.07) is 7.16. The van der Waals surface area contributed by atoms with Crippen LogP contribution in [-0.2, 0) is 0 Å². The molecule has 2 rings (SSSR count). The van der Waals surface area contributed by atoms with Gasteiger partial charge < -0.3 is 5.73 Å². The van der Waals surface area contributed by atoms with Gasteiger partial charge in [0.15, 0.2) is 0 Å². The molecule has 0 aromatic heterocycles. The second-order valence-electron chi connectivity index (χ2n) is 4.84. The largest absolute Gasteiger partial charge is 0.329 e. The van der Waals surface area contributed by atoms with Crippen LogP contribution in [0.3, 0.4) is 0 Å². The van der Waals surface area contributed by atoms with E-state index in [0.29, 0.717) is 6.04 Å². The highest BCUT2D eigenvalue weighted by atomic mass is 15.2. The average molecular weight is 218 g/mol. The van der Waals surface area contributed by atoms with Crippen LogP contribution in [0.4, 0.5) is 0 Å². The topological polar surface area (TPSA) is 29.3 Å². The fourth-order valence-corrected chi connectivity index (χ4v) is 2.52. The SMILES string of the molecule is Cc1ccc([C@H](CN)N2CCCC2)cc1C. The Labute approximate surface area is 98.4 Å². The molecule has 0 unspecified atom stereocenters. The van der Waals surface area contributed by atoms with Crippen LogP contribution in [0.15, 0.2) is 18.2 Å². The van der Waals surface area contributed by atoms with Crippen LogP contribution in [0.1, 0.15) is 35.6 Å². The van der Waals surface area contributed by atoms with Crippen molar-refractivity contribution in [1.82, 2.24) is 4.90 Å². The van der Waals surface area contributed by atoms with E-state index in [1.807, 2.05) is 0 Å². The molecule has 1 atom stereocenters. The summed E-state index contributed by atoms with van der Waals surface area (Å²) in [5.41, 5.74) is 10.0. The van der Waals surface area contributed by atoms with Crippen molar-refractivity contribution in [3.8, 4) is 0 Å². The second-order valence-corrected chi connectivity index (χ2v) is 4.84. The summed E-state index contributed by atoms with van der Waals surface area (Å²) in [6.07, 6.45) is 2.64. The van der Waals surface area contributed by atoms with E-state index in [1.165, 1.54) is 42.6 Å². The smallest absolute Gasteiger partial charge is 0.0470 e. The molecule has 2 nitrogen and oxygen atoms in total. The number of benzene rings is 1. The number of hydrogen-bond donors (Lipinski definition) is 1. The summed E-state index contributed by atoms with van der Waals surface area (Å²) in [6.45, 7) is 7.47. The van der Waals surface area contributed by atoms with Crippen LogP contribution in [0.2, 0.25) is 0 Å². The van der Waals surface area contributed by atoms with E-state index in [0.717, 1.165) is 6.54 Å². The van der Waals surface area contributed by atoms with E-state index < -0.39 is 0 Å². The minimum atomic E-state index is 0.418. The summed E-state index contributed by atoms with van der Waals surface area (Å²) in [7, 11) is 0. The van der Waals surface area contributed by atoms with E-state index in [2.05, 4.69) is 36.9 Å². The van der Waals surface area contributed by atoms with Gasteiger partial charge in [0.05, 0.1) is 0 Å². The lowest BCUT2D eigenvalue weighted by atomic mass is 10.0. The van der Waals surface area contributed by atoms with E-state index >= 15 is 0 Å². The van der Waals surface area contributed by atoms with Crippen molar-refractivity contribution in [1.29, 1.82) is 0 Å². The van der Waals surface area contributed by atoms with Crippen LogP contribution >= 0.6 is 0 Å². The molecule has 1 saturated heterocycles. The van der Waals surface area contributed by atoms with Crippen molar-refractivity contribution >= 4 is 0 Å². The Balaban J connectivity index is 2.22. The quantitative estimate of drug-likeness (QED) is 0.844. The molecular weight excluding hydrogens is 196 g/mol. The third-order valence-electron chi connectivity index (χ3n) is 3.72. The molecule has 1 aromatic rings. The van der Waals surface area contributed by atoms with Crippen molar-refractivity contribution < 1.29 is 0 Å². The van der Waals surface area contributed by atoms with Gasteiger partial charge in [-0.05, 0) is 56.5 Å². The molecule has 0 bridgehead atoms. The van der Waals surface area contributed by atoms with Gasteiger partial charge in [-0.25, -0.2) is 0 Å². The van der Waals surface area contributed by atoms with E-state index in [4.69, 9.17) is 5.73 Å². The Hall–Kier alpha value is -0.860. The van der Waals surface area contributed by atoms with Gasteiger partial charge in [-0.2, -0.15) is 0 Å². The maximum Gasteiger partial charge on any atom is 0.0470 e. The number of nitrogens with two attached hydrogens (primary N) is 1. The first-order chi connectivity index (χ1) is 7.72. The standard InChI is InChI=1S/C14H22N2/c1-11-5-6-13(9-12(11)2)14(10-15)16-7-3-4-8-16/h5-6,9,14H,3-4,7-8,10,15H2,1-2H3/t14-/m0/s1. The molecule has 0 amide bonds. The molecule has 1 heterocycles. The molecule has 2 N–H and O–H groups in total. The summed E-state index contributed by atoms with van der Waals surface area (Å²) in [5.74, 6) is 0. The Bertz CT molecular complexity index is 354. The highest BCUT2D eigenvalue weighted by Crippen LogP contribution is 2.25. The van der Waals surface area contributed by atoms with Gasteiger partial charge in [0.25, 0.3) is 0 Å². The Morgan fingerprint density at radius 1 is 1.19 bits per heavy atom. The lowest BCUT2D eigenvalue weighted by molar-refractivity contribution is 0.251. The van der Waals surface area contributed by atoms with Gasteiger partial charge in [0.2, 0.25) is 0 Å². The van der Waals surface area contributed by atoms with Crippen LogP contribution in [0.25, 0.3) is 0 Å². The lowest BCUT2D eigenvalue weighted by Gasteiger charge is -2.27. The van der Waals surface area contributed by atoms with Crippen molar-refractivity contribution in [3.05, 3.63) is 34.9 Å². The van der Waals surface area contributed by atoms with Gasteiger partial charge in [-0.15, -0.1) is 0 Å². The van der Waals surface area contributed by atoms with Crippen LogP contribution < -0.4 is 5.73 Å². The van der Waals surface area contributed by atoms with Crippen LogP contribution in [-0.4, -0.2) is 24.5 Å². The van der Waals surface area contributed by atoms with Gasteiger partial charge in [-0.3, -0.25) is 4.90 Å². The summed E-state index contributed by atoms with van der Waals surface area (Å²) >= 11 is 0. The molecule has 16 heavy (non-hydrogen) atoms. The zero-order valence-electron chi connectivity index (χ0n) is 10.4. The third-order valence-corrected chi connectivity index (χ3v) is 3.72. The molecular formula is C14H22N2. The molecule has 1 aromatic carbocycles. The minimum Gasteiger partial charge on any atom is -0.329 e. The van der Waals surface area contributed by atoms with Crippen molar-refractivity contribution in [3.63, 3.8) is 0 Å². The van der Waals surface area contributed by atoms with Crippen molar-refractivity contribution in [2.45, 2.75) is 32.7 Å². The monoisotopic (exact) mass is 218 g/mol. The van der Waals surface area contributed by atoms with E-state index in [1.54, 1.807) is 0 Å². The fourth-order valence-electron chi connectivity index (χ4n) is 2.52. The Morgan fingerprint density at radius 2 is 1.88 bits per heavy atom. The molecule has 88 valence electrons. The molecule has 0 aliphatic carbocycles. The molecule has 1 fully saturated rings. The maximum atomic E-state index is 5.93. The van der Waals surface area contributed by atoms with Crippen molar-refractivity contribution in [2.24, 2.45) is 5.73 Å². The fraction of sp³-hybridized carbons (Fsp3) is 0.571. The minimum absolute atomic E-state index is 0.418. The summed E-state index contributed by atoms with van der Waals surface area (Å²) in [5, 5.41) is 0. The summed E-state index contributed by atoms with van der Waals surface area (Å²) < 4.78 is 0. The van der Waals surface area contributed by atoms with Crippen LogP contribution in [0.5, 0.6) is 0 Å². The molecule has 0 radical (unpaired) electrons. The maximum absolute atomic E-state index is 5.93. The zero-order chi connectivity index (χ0) is 11.5. The van der Waals surface area contributed by atoms with E-state index in [9.17, 15) is 0 Å². The normalized spacial score (nSPS) is 18.9. The molecule has 0 spiro atoms. The number of nitrogens with zero attached hydrogens (tertiary/aromatic N) is 1. The summed E-state index contributed by atoms with van der Waals surface area (Å²) in [4.78, 5) is 2.52. The second kappa shape index (κ2) is 4.98. The highest BCUT2D eigenvalue weighted by molar-refractivity contribution is 5.32.